The lowest BCUT2D eigenvalue weighted by Gasteiger charge is -2.10. The molecule has 2 amide bonds. The highest BCUT2D eigenvalue weighted by Gasteiger charge is 2.13. The topological polar surface area (TPSA) is 113 Å². The van der Waals surface area contributed by atoms with Crippen LogP contribution in [0.25, 0.3) is 28.6 Å². The Balaban J connectivity index is 1.30. The van der Waals surface area contributed by atoms with Gasteiger partial charge in [0.05, 0.1) is 17.4 Å². The molecule has 0 bridgehead atoms. The van der Waals surface area contributed by atoms with Gasteiger partial charge < -0.3 is 15.6 Å². The number of carbonyl (C=O) groups excluding carboxylic acids is 2. The van der Waals surface area contributed by atoms with Crippen molar-refractivity contribution in [1.82, 2.24) is 19.9 Å². The Kier molecular flexibility index (Phi) is 6.31. The van der Waals surface area contributed by atoms with Crippen molar-refractivity contribution in [3.8, 4) is 11.4 Å². The number of aromatic amines is 1. The molecule has 0 saturated carbocycles. The summed E-state index contributed by atoms with van der Waals surface area (Å²) in [6.45, 7) is 1.84. The number of hydrogen-bond donors (Lipinski definition) is 3. The lowest BCUT2D eigenvalue weighted by Crippen LogP contribution is -2.15. The number of pyridine rings is 2. The standard InChI is InChI=1S/C28H22N6O2/c1-18-7-9-21(31-25(35)10-8-19-11-13-29-14-12-19)15-23(18)28(36)32-22-16-24-27(30-17-22)34-26(33-24)20-5-3-2-4-6-20/h2-17H,1H3,(H,31,35)(H,32,36)(H,30,33,34). The average Bonchev–Trinajstić information content (AvgIpc) is 3.33. The molecule has 176 valence electrons. The maximum Gasteiger partial charge on any atom is 0.256 e. The summed E-state index contributed by atoms with van der Waals surface area (Å²) in [5.74, 6) is 0.101. The number of fused-ring (bicyclic) bond motifs is 1. The predicted molar refractivity (Wildman–Crippen MR) is 140 cm³/mol. The van der Waals surface area contributed by atoms with Crippen LogP contribution in [0.5, 0.6) is 0 Å². The first kappa shape index (κ1) is 22.7. The van der Waals surface area contributed by atoms with Crippen molar-refractivity contribution < 1.29 is 9.59 Å². The summed E-state index contributed by atoms with van der Waals surface area (Å²) in [7, 11) is 0. The zero-order chi connectivity index (χ0) is 24.9. The molecule has 3 N–H and O–H groups in total. The summed E-state index contributed by atoms with van der Waals surface area (Å²) in [6, 6.07) is 20.4. The molecule has 3 heterocycles. The van der Waals surface area contributed by atoms with E-state index in [0.717, 1.165) is 16.7 Å². The fraction of sp³-hybridized carbons (Fsp3) is 0.0357. The van der Waals surface area contributed by atoms with Crippen molar-refractivity contribution in [3.63, 3.8) is 0 Å². The van der Waals surface area contributed by atoms with Crippen LogP contribution in [0, 0.1) is 6.92 Å². The summed E-state index contributed by atoms with van der Waals surface area (Å²) in [4.78, 5) is 41.5. The van der Waals surface area contributed by atoms with Crippen LogP contribution in [-0.4, -0.2) is 31.8 Å². The summed E-state index contributed by atoms with van der Waals surface area (Å²) in [6.07, 6.45) is 8.01. The maximum absolute atomic E-state index is 13.0. The molecular formula is C28H22N6O2. The summed E-state index contributed by atoms with van der Waals surface area (Å²) in [5, 5.41) is 5.68. The van der Waals surface area contributed by atoms with E-state index in [4.69, 9.17) is 0 Å². The fourth-order valence-electron chi connectivity index (χ4n) is 3.67. The highest BCUT2D eigenvalue weighted by Crippen LogP contribution is 2.22. The third-order valence-corrected chi connectivity index (χ3v) is 5.53. The van der Waals surface area contributed by atoms with Crippen molar-refractivity contribution in [2.75, 3.05) is 10.6 Å². The Hall–Kier alpha value is -5.11. The zero-order valence-corrected chi connectivity index (χ0v) is 19.4. The molecule has 0 aliphatic heterocycles. The van der Waals surface area contributed by atoms with Gasteiger partial charge in [0, 0.05) is 35.3 Å². The molecule has 0 unspecified atom stereocenters. The number of benzene rings is 2. The molecule has 0 spiro atoms. The third-order valence-electron chi connectivity index (χ3n) is 5.53. The van der Waals surface area contributed by atoms with Gasteiger partial charge in [-0.2, -0.15) is 0 Å². The molecule has 0 radical (unpaired) electrons. The number of nitrogens with zero attached hydrogens (tertiary/aromatic N) is 3. The van der Waals surface area contributed by atoms with Gasteiger partial charge >= 0.3 is 0 Å². The lowest BCUT2D eigenvalue weighted by atomic mass is 10.1. The molecule has 0 atom stereocenters. The van der Waals surface area contributed by atoms with E-state index in [1.165, 1.54) is 6.08 Å². The Morgan fingerprint density at radius 3 is 2.53 bits per heavy atom. The molecule has 0 fully saturated rings. The normalized spacial score (nSPS) is 11.0. The van der Waals surface area contributed by atoms with Crippen LogP contribution in [0.1, 0.15) is 21.5 Å². The van der Waals surface area contributed by atoms with Crippen LogP contribution in [0.2, 0.25) is 0 Å². The van der Waals surface area contributed by atoms with Gasteiger partial charge in [0.1, 0.15) is 5.82 Å². The second kappa shape index (κ2) is 10.0. The first-order valence-electron chi connectivity index (χ1n) is 11.3. The number of aryl methyl sites for hydroxylation is 1. The van der Waals surface area contributed by atoms with Crippen molar-refractivity contribution in [3.05, 3.63) is 108 Å². The van der Waals surface area contributed by atoms with Gasteiger partial charge in [-0.15, -0.1) is 0 Å². The molecule has 2 aromatic carbocycles. The van der Waals surface area contributed by atoms with Crippen molar-refractivity contribution >= 4 is 40.4 Å². The zero-order valence-electron chi connectivity index (χ0n) is 19.4. The smallest absolute Gasteiger partial charge is 0.256 e. The Morgan fingerprint density at radius 2 is 1.72 bits per heavy atom. The monoisotopic (exact) mass is 474 g/mol. The van der Waals surface area contributed by atoms with E-state index in [2.05, 4.69) is 30.6 Å². The number of aromatic nitrogens is 4. The minimum absolute atomic E-state index is 0.301. The number of rotatable bonds is 6. The molecule has 8 heteroatoms. The van der Waals surface area contributed by atoms with E-state index in [9.17, 15) is 9.59 Å². The van der Waals surface area contributed by atoms with Crippen LogP contribution < -0.4 is 10.6 Å². The van der Waals surface area contributed by atoms with Crippen LogP contribution in [0.15, 0.2) is 91.4 Å². The van der Waals surface area contributed by atoms with Gasteiger partial charge in [-0.3, -0.25) is 14.6 Å². The molecule has 0 saturated heterocycles. The Morgan fingerprint density at radius 1 is 0.917 bits per heavy atom. The maximum atomic E-state index is 13.0. The van der Waals surface area contributed by atoms with Crippen LogP contribution in [-0.2, 0) is 4.79 Å². The summed E-state index contributed by atoms with van der Waals surface area (Å²) in [5.41, 5.74) is 5.36. The average molecular weight is 475 g/mol. The Labute approximate surface area is 207 Å². The summed E-state index contributed by atoms with van der Waals surface area (Å²) >= 11 is 0. The van der Waals surface area contributed by atoms with Crippen LogP contribution in [0.4, 0.5) is 11.4 Å². The molecule has 0 aliphatic rings. The number of nitrogens with one attached hydrogen (secondary N) is 3. The molecular weight excluding hydrogens is 452 g/mol. The molecule has 3 aromatic heterocycles. The lowest BCUT2D eigenvalue weighted by molar-refractivity contribution is -0.111. The largest absolute Gasteiger partial charge is 0.337 e. The molecule has 0 aliphatic carbocycles. The first-order valence-corrected chi connectivity index (χ1v) is 11.3. The molecule has 8 nitrogen and oxygen atoms in total. The van der Waals surface area contributed by atoms with E-state index in [1.54, 1.807) is 61.1 Å². The second-order valence-corrected chi connectivity index (χ2v) is 8.13. The number of hydrogen-bond acceptors (Lipinski definition) is 5. The number of carbonyl (C=O) groups is 2. The quantitative estimate of drug-likeness (QED) is 0.292. The third kappa shape index (κ3) is 5.18. The van der Waals surface area contributed by atoms with E-state index in [1.807, 2.05) is 37.3 Å². The number of amides is 2. The van der Waals surface area contributed by atoms with E-state index >= 15 is 0 Å². The highest BCUT2D eigenvalue weighted by molar-refractivity contribution is 6.07. The summed E-state index contributed by atoms with van der Waals surface area (Å²) < 4.78 is 0. The fourth-order valence-corrected chi connectivity index (χ4v) is 3.67. The van der Waals surface area contributed by atoms with Gasteiger partial charge in [0.15, 0.2) is 5.65 Å². The first-order chi connectivity index (χ1) is 17.5. The number of anilines is 2. The van der Waals surface area contributed by atoms with Gasteiger partial charge in [0.2, 0.25) is 5.91 Å². The van der Waals surface area contributed by atoms with Gasteiger partial charge in [-0.1, -0.05) is 36.4 Å². The SMILES string of the molecule is Cc1ccc(NC(=O)C=Cc2ccncc2)cc1C(=O)Nc1cnc2nc(-c3ccccc3)[nH]c2c1. The van der Waals surface area contributed by atoms with E-state index in [-0.39, 0.29) is 11.8 Å². The van der Waals surface area contributed by atoms with E-state index < -0.39 is 0 Å². The second-order valence-electron chi connectivity index (χ2n) is 8.13. The van der Waals surface area contributed by atoms with Crippen molar-refractivity contribution in [2.24, 2.45) is 0 Å². The molecule has 36 heavy (non-hydrogen) atoms. The minimum Gasteiger partial charge on any atom is -0.337 e. The molecule has 5 rings (SSSR count). The number of imidazole rings is 1. The van der Waals surface area contributed by atoms with Crippen molar-refractivity contribution in [1.29, 1.82) is 0 Å². The number of H-pyrrole nitrogens is 1. The van der Waals surface area contributed by atoms with E-state index in [0.29, 0.717) is 33.9 Å². The van der Waals surface area contributed by atoms with Crippen molar-refractivity contribution in [2.45, 2.75) is 6.92 Å². The Bertz CT molecular complexity index is 1580. The van der Waals surface area contributed by atoms with Crippen LogP contribution >= 0.6 is 0 Å². The molecule has 5 aromatic rings. The van der Waals surface area contributed by atoms with Crippen LogP contribution in [0.3, 0.4) is 0 Å². The predicted octanol–water partition coefficient (Wildman–Crippen LogP) is 5.23. The highest BCUT2D eigenvalue weighted by atomic mass is 16.2. The van der Waals surface area contributed by atoms with Gasteiger partial charge in [0.25, 0.3) is 5.91 Å². The minimum atomic E-state index is -0.306. The van der Waals surface area contributed by atoms with Gasteiger partial charge in [-0.05, 0) is 54.5 Å². The van der Waals surface area contributed by atoms with Gasteiger partial charge in [-0.25, -0.2) is 9.97 Å².